The van der Waals surface area contributed by atoms with E-state index in [1.165, 1.54) is 11.1 Å². The Bertz CT molecular complexity index is 1310. The van der Waals surface area contributed by atoms with Gasteiger partial charge in [0, 0.05) is 16.6 Å². The van der Waals surface area contributed by atoms with Gasteiger partial charge in [-0.2, -0.15) is 0 Å². The largest absolute Gasteiger partial charge is 0.489 e. The van der Waals surface area contributed by atoms with E-state index in [1.807, 2.05) is 42.5 Å². The second-order valence-electron chi connectivity index (χ2n) is 7.53. The van der Waals surface area contributed by atoms with E-state index >= 15 is 0 Å². The number of hydrogen-bond donors (Lipinski definition) is 1. The van der Waals surface area contributed by atoms with Crippen molar-refractivity contribution in [1.29, 1.82) is 0 Å². The Morgan fingerprint density at radius 2 is 1.62 bits per heavy atom. The first-order chi connectivity index (χ1) is 15.8. The zero-order chi connectivity index (χ0) is 21.8. The molecule has 0 unspecified atom stereocenters. The van der Waals surface area contributed by atoms with E-state index in [-0.39, 0.29) is 0 Å². The fraction of sp³-hybridized carbons (Fsp3) is 0.111. The summed E-state index contributed by atoms with van der Waals surface area (Å²) in [5, 5.41) is 6.67. The summed E-state index contributed by atoms with van der Waals surface area (Å²) in [7, 11) is 0. The molecule has 5 rings (SSSR count). The Morgan fingerprint density at radius 3 is 2.38 bits per heavy atom. The molecule has 0 aliphatic heterocycles. The number of nitrogens with one attached hydrogen (secondary N) is 1. The van der Waals surface area contributed by atoms with Crippen LogP contribution in [0.2, 0.25) is 0 Å². The van der Waals surface area contributed by atoms with E-state index in [0.29, 0.717) is 6.61 Å². The minimum atomic E-state index is 0.551. The SMILES string of the molecule is CCc1ccc(-c2csc3ncnc(Nc4ccc(OCc5ccccc5)cc4)c23)cc1. The number of hydrogen-bond acceptors (Lipinski definition) is 5. The van der Waals surface area contributed by atoms with Crippen molar-refractivity contribution in [3.8, 4) is 16.9 Å². The number of aryl methyl sites for hydroxylation is 1. The zero-order valence-electron chi connectivity index (χ0n) is 17.8. The summed E-state index contributed by atoms with van der Waals surface area (Å²) in [5.41, 5.74) is 5.76. The van der Waals surface area contributed by atoms with Crippen LogP contribution in [0, 0.1) is 0 Å². The van der Waals surface area contributed by atoms with Crippen molar-refractivity contribution in [2.75, 3.05) is 5.32 Å². The van der Waals surface area contributed by atoms with Crippen molar-refractivity contribution in [2.45, 2.75) is 20.0 Å². The fourth-order valence-corrected chi connectivity index (χ4v) is 4.53. The van der Waals surface area contributed by atoms with E-state index in [9.17, 15) is 0 Å². The molecule has 1 N–H and O–H groups in total. The highest BCUT2D eigenvalue weighted by atomic mass is 32.1. The molecule has 0 aliphatic rings. The Hall–Kier alpha value is -3.70. The van der Waals surface area contributed by atoms with E-state index in [4.69, 9.17) is 4.74 Å². The van der Waals surface area contributed by atoms with Crippen LogP contribution >= 0.6 is 11.3 Å². The summed E-state index contributed by atoms with van der Waals surface area (Å²) in [5.74, 6) is 1.64. The molecule has 3 aromatic carbocycles. The third-order valence-corrected chi connectivity index (χ3v) is 6.30. The first kappa shape index (κ1) is 20.2. The Kier molecular flexibility index (Phi) is 5.81. The normalized spacial score (nSPS) is 10.9. The summed E-state index contributed by atoms with van der Waals surface area (Å²) >= 11 is 1.64. The molecule has 0 spiro atoms. The highest BCUT2D eigenvalue weighted by molar-refractivity contribution is 7.17. The summed E-state index contributed by atoms with van der Waals surface area (Å²) < 4.78 is 5.90. The molecule has 0 fully saturated rings. The molecule has 2 heterocycles. The number of aromatic nitrogens is 2. The van der Waals surface area contributed by atoms with E-state index < -0.39 is 0 Å². The van der Waals surface area contributed by atoms with Gasteiger partial charge in [0.1, 0.15) is 29.3 Å². The van der Waals surface area contributed by atoms with Gasteiger partial charge >= 0.3 is 0 Å². The molecular formula is C27H23N3OS. The quantitative estimate of drug-likeness (QED) is 0.291. The molecular weight excluding hydrogens is 414 g/mol. The molecule has 2 aromatic heterocycles. The molecule has 158 valence electrons. The van der Waals surface area contributed by atoms with Gasteiger partial charge in [-0.3, -0.25) is 0 Å². The molecule has 0 saturated heterocycles. The monoisotopic (exact) mass is 437 g/mol. The van der Waals surface area contributed by atoms with Crippen LogP contribution in [0.4, 0.5) is 11.5 Å². The predicted molar refractivity (Wildman–Crippen MR) is 133 cm³/mol. The zero-order valence-corrected chi connectivity index (χ0v) is 18.6. The van der Waals surface area contributed by atoms with Crippen molar-refractivity contribution in [3.63, 3.8) is 0 Å². The van der Waals surface area contributed by atoms with Gasteiger partial charge in [-0.15, -0.1) is 11.3 Å². The Morgan fingerprint density at radius 1 is 0.844 bits per heavy atom. The van der Waals surface area contributed by atoms with E-state index in [0.717, 1.165) is 45.0 Å². The summed E-state index contributed by atoms with van der Waals surface area (Å²) in [6.07, 6.45) is 2.65. The number of anilines is 2. The van der Waals surface area contributed by atoms with Crippen LogP contribution in [0.3, 0.4) is 0 Å². The average Bonchev–Trinajstić information content (AvgIpc) is 3.30. The topological polar surface area (TPSA) is 47.0 Å². The van der Waals surface area contributed by atoms with Crippen molar-refractivity contribution in [2.24, 2.45) is 0 Å². The third-order valence-electron chi connectivity index (χ3n) is 5.41. The molecule has 5 heteroatoms. The Balaban J connectivity index is 1.37. The molecule has 0 amide bonds. The highest BCUT2D eigenvalue weighted by Gasteiger charge is 2.13. The number of benzene rings is 3. The van der Waals surface area contributed by atoms with Gasteiger partial charge in [0.05, 0.1) is 5.39 Å². The van der Waals surface area contributed by atoms with Gasteiger partial charge < -0.3 is 10.1 Å². The lowest BCUT2D eigenvalue weighted by atomic mass is 10.0. The van der Waals surface area contributed by atoms with Gasteiger partial charge in [0.15, 0.2) is 0 Å². The number of thiophene rings is 1. The summed E-state index contributed by atoms with van der Waals surface area (Å²) in [4.78, 5) is 10.00. The van der Waals surface area contributed by atoms with Crippen molar-refractivity contribution in [1.82, 2.24) is 9.97 Å². The maximum atomic E-state index is 5.90. The number of ether oxygens (including phenoxy) is 1. The van der Waals surface area contributed by atoms with Crippen LogP contribution in [0.25, 0.3) is 21.3 Å². The van der Waals surface area contributed by atoms with Gasteiger partial charge in [-0.05, 0) is 47.4 Å². The number of rotatable bonds is 7. The molecule has 0 atom stereocenters. The maximum Gasteiger partial charge on any atom is 0.143 e. The minimum absolute atomic E-state index is 0.551. The lowest BCUT2D eigenvalue weighted by Crippen LogP contribution is -1.97. The Labute approximate surface area is 191 Å². The van der Waals surface area contributed by atoms with Gasteiger partial charge in [-0.1, -0.05) is 61.5 Å². The minimum Gasteiger partial charge on any atom is -0.489 e. The van der Waals surface area contributed by atoms with Crippen LogP contribution in [0.15, 0.2) is 90.6 Å². The molecule has 32 heavy (non-hydrogen) atoms. The third kappa shape index (κ3) is 4.34. The first-order valence-electron chi connectivity index (χ1n) is 10.7. The second kappa shape index (κ2) is 9.20. The number of fused-ring (bicyclic) bond motifs is 1. The fourth-order valence-electron chi connectivity index (χ4n) is 3.61. The van der Waals surface area contributed by atoms with E-state index in [1.54, 1.807) is 17.7 Å². The maximum absolute atomic E-state index is 5.90. The van der Waals surface area contributed by atoms with Gasteiger partial charge in [-0.25, -0.2) is 9.97 Å². The molecule has 0 radical (unpaired) electrons. The van der Waals surface area contributed by atoms with E-state index in [2.05, 4.69) is 64.0 Å². The molecule has 0 bridgehead atoms. The van der Waals surface area contributed by atoms with Gasteiger partial charge in [0.2, 0.25) is 0 Å². The van der Waals surface area contributed by atoms with Crippen LogP contribution in [0.1, 0.15) is 18.1 Å². The molecule has 5 aromatic rings. The lowest BCUT2D eigenvalue weighted by Gasteiger charge is -2.10. The highest BCUT2D eigenvalue weighted by Crippen LogP contribution is 2.37. The van der Waals surface area contributed by atoms with Crippen LogP contribution < -0.4 is 10.1 Å². The standard InChI is InChI=1S/C27H23N3OS/c1-2-19-8-10-21(11-9-19)24-17-32-27-25(24)26(28-18-29-27)30-22-12-14-23(15-13-22)31-16-20-6-4-3-5-7-20/h3-15,17-18H,2,16H2,1H3,(H,28,29,30). The van der Waals surface area contributed by atoms with Crippen LogP contribution in [-0.2, 0) is 13.0 Å². The first-order valence-corrected chi connectivity index (χ1v) is 11.5. The van der Waals surface area contributed by atoms with Crippen molar-refractivity contribution < 1.29 is 4.74 Å². The molecule has 4 nitrogen and oxygen atoms in total. The lowest BCUT2D eigenvalue weighted by molar-refractivity contribution is 0.306. The van der Waals surface area contributed by atoms with Gasteiger partial charge in [0.25, 0.3) is 0 Å². The average molecular weight is 438 g/mol. The predicted octanol–water partition coefficient (Wildman–Crippen LogP) is 7.24. The number of nitrogens with zero attached hydrogens (tertiary/aromatic N) is 2. The van der Waals surface area contributed by atoms with Crippen LogP contribution in [0.5, 0.6) is 5.75 Å². The smallest absolute Gasteiger partial charge is 0.143 e. The summed E-state index contributed by atoms with van der Waals surface area (Å²) in [6, 6.07) is 26.9. The van der Waals surface area contributed by atoms with Crippen molar-refractivity contribution >= 4 is 33.1 Å². The van der Waals surface area contributed by atoms with Crippen molar-refractivity contribution in [3.05, 3.63) is 102 Å². The molecule has 0 saturated carbocycles. The second-order valence-corrected chi connectivity index (χ2v) is 8.38. The summed E-state index contributed by atoms with van der Waals surface area (Å²) in [6.45, 7) is 2.72. The molecule has 0 aliphatic carbocycles. The van der Waals surface area contributed by atoms with Crippen LogP contribution in [-0.4, -0.2) is 9.97 Å².